The Bertz CT molecular complexity index is 368. The molecule has 1 N–H and O–H groups in total. The summed E-state index contributed by atoms with van der Waals surface area (Å²) in [6.45, 7) is 5.85. The molecule has 0 aliphatic rings. The maximum atomic E-state index is 11.7. The molecule has 0 spiro atoms. The van der Waals surface area contributed by atoms with Crippen molar-refractivity contribution in [1.82, 2.24) is 5.32 Å². The zero-order chi connectivity index (χ0) is 12.1. The van der Waals surface area contributed by atoms with Crippen LogP contribution in [0.1, 0.15) is 20.8 Å². The van der Waals surface area contributed by atoms with E-state index in [2.05, 4.69) is 21.2 Å². The van der Waals surface area contributed by atoms with Gasteiger partial charge in [0.25, 0.3) is 0 Å². The number of carbonyl (C=O) groups is 1. The number of thioether (sulfide) groups is 1. The normalized spacial score (nSPS) is 12.6. The predicted octanol–water partition coefficient (Wildman–Crippen LogP) is 3.45. The van der Waals surface area contributed by atoms with Gasteiger partial charge in [0.1, 0.15) is 0 Å². The molecule has 1 amide bonds. The van der Waals surface area contributed by atoms with Crippen molar-refractivity contribution >= 4 is 33.6 Å². The smallest absolute Gasteiger partial charge is 0.233 e. The molecule has 88 valence electrons. The first-order valence-electron chi connectivity index (χ1n) is 5.22. The van der Waals surface area contributed by atoms with Crippen molar-refractivity contribution in [1.29, 1.82) is 0 Å². The van der Waals surface area contributed by atoms with E-state index in [0.717, 1.165) is 9.37 Å². The number of benzene rings is 1. The minimum absolute atomic E-state index is 0.0794. The van der Waals surface area contributed by atoms with Crippen LogP contribution >= 0.6 is 27.7 Å². The molecule has 2 nitrogen and oxygen atoms in total. The Hall–Kier alpha value is -0.480. The summed E-state index contributed by atoms with van der Waals surface area (Å²) in [5, 5.41) is 2.82. The molecule has 0 aliphatic carbocycles. The molecule has 0 saturated heterocycles. The molecule has 0 heterocycles. The fourth-order valence-electron chi connectivity index (χ4n) is 1.19. The summed E-state index contributed by atoms with van der Waals surface area (Å²) >= 11 is 5.03. The van der Waals surface area contributed by atoms with Crippen LogP contribution in [0.3, 0.4) is 0 Å². The van der Waals surface area contributed by atoms with Gasteiger partial charge in [-0.1, -0.05) is 12.1 Å². The van der Waals surface area contributed by atoms with Gasteiger partial charge in [-0.05, 0) is 48.8 Å². The second-order valence-corrected chi connectivity index (χ2v) is 6.09. The number of amides is 1. The van der Waals surface area contributed by atoms with Gasteiger partial charge < -0.3 is 5.32 Å². The Labute approximate surface area is 109 Å². The highest BCUT2D eigenvalue weighted by molar-refractivity contribution is 9.10. The first-order chi connectivity index (χ1) is 7.50. The van der Waals surface area contributed by atoms with Gasteiger partial charge in [0.15, 0.2) is 0 Å². The lowest BCUT2D eigenvalue weighted by molar-refractivity contribution is -0.120. The molecule has 0 saturated carbocycles. The largest absolute Gasteiger partial charge is 0.353 e. The molecular weight excluding hydrogens is 286 g/mol. The molecule has 0 radical (unpaired) electrons. The Kier molecular flexibility index (Phi) is 5.35. The fourth-order valence-corrected chi connectivity index (χ4v) is 2.65. The number of hydrogen-bond acceptors (Lipinski definition) is 2. The third kappa shape index (κ3) is 4.18. The number of carbonyl (C=O) groups excluding carboxylic acids is 1. The van der Waals surface area contributed by atoms with Crippen molar-refractivity contribution in [3.63, 3.8) is 0 Å². The average molecular weight is 302 g/mol. The van der Waals surface area contributed by atoms with Gasteiger partial charge in [0.05, 0.1) is 5.25 Å². The lowest BCUT2D eigenvalue weighted by atomic mass is 10.3. The second-order valence-electron chi connectivity index (χ2n) is 3.85. The Morgan fingerprint density at radius 2 is 1.94 bits per heavy atom. The molecule has 0 aromatic heterocycles. The Morgan fingerprint density at radius 3 is 2.50 bits per heavy atom. The monoisotopic (exact) mass is 301 g/mol. The fraction of sp³-hybridized carbons (Fsp3) is 0.417. The minimum atomic E-state index is -0.0823. The van der Waals surface area contributed by atoms with E-state index in [1.54, 1.807) is 11.8 Å². The maximum Gasteiger partial charge on any atom is 0.233 e. The van der Waals surface area contributed by atoms with Crippen molar-refractivity contribution in [3.8, 4) is 0 Å². The molecule has 4 heteroatoms. The first-order valence-corrected chi connectivity index (χ1v) is 6.89. The van der Waals surface area contributed by atoms with Crippen LogP contribution in [0.25, 0.3) is 0 Å². The second kappa shape index (κ2) is 6.30. The van der Waals surface area contributed by atoms with E-state index in [1.165, 1.54) is 0 Å². The number of hydrogen-bond donors (Lipinski definition) is 1. The average Bonchev–Trinajstić information content (AvgIpc) is 2.20. The summed E-state index contributed by atoms with van der Waals surface area (Å²) < 4.78 is 1.03. The van der Waals surface area contributed by atoms with Crippen LogP contribution in [0.2, 0.25) is 0 Å². The lowest BCUT2D eigenvalue weighted by Crippen LogP contribution is -2.35. The van der Waals surface area contributed by atoms with Gasteiger partial charge in [-0.25, -0.2) is 0 Å². The topological polar surface area (TPSA) is 29.1 Å². The van der Waals surface area contributed by atoms with E-state index in [1.807, 2.05) is 45.0 Å². The van der Waals surface area contributed by atoms with E-state index in [0.29, 0.717) is 0 Å². The van der Waals surface area contributed by atoms with E-state index in [4.69, 9.17) is 0 Å². The molecule has 1 rings (SSSR count). The van der Waals surface area contributed by atoms with Crippen molar-refractivity contribution in [2.45, 2.75) is 37.0 Å². The Morgan fingerprint density at radius 1 is 1.31 bits per heavy atom. The summed E-state index contributed by atoms with van der Waals surface area (Å²) in [5.41, 5.74) is 0. The molecule has 1 atom stereocenters. The highest BCUT2D eigenvalue weighted by Gasteiger charge is 2.15. The number of halogens is 1. The SMILES string of the molecule is CC(C)NC(=O)C(C)Sc1ccccc1Br. The van der Waals surface area contributed by atoms with Crippen LogP contribution in [0, 0.1) is 0 Å². The zero-order valence-electron chi connectivity index (χ0n) is 9.66. The molecule has 1 unspecified atom stereocenters. The molecular formula is C12H16BrNOS. The van der Waals surface area contributed by atoms with Crippen molar-refractivity contribution in [2.75, 3.05) is 0 Å². The van der Waals surface area contributed by atoms with Gasteiger partial charge in [0.2, 0.25) is 5.91 Å². The predicted molar refractivity (Wildman–Crippen MR) is 72.7 cm³/mol. The minimum Gasteiger partial charge on any atom is -0.353 e. The van der Waals surface area contributed by atoms with E-state index in [9.17, 15) is 4.79 Å². The number of nitrogens with one attached hydrogen (secondary N) is 1. The summed E-state index contributed by atoms with van der Waals surface area (Å²) in [7, 11) is 0. The van der Waals surface area contributed by atoms with Crippen LogP contribution < -0.4 is 5.32 Å². The van der Waals surface area contributed by atoms with Crippen LogP contribution in [-0.4, -0.2) is 17.2 Å². The standard InChI is InChI=1S/C12H16BrNOS/c1-8(2)14-12(15)9(3)16-11-7-5-4-6-10(11)13/h4-9H,1-3H3,(H,14,15). The van der Waals surface area contributed by atoms with Crippen LogP contribution in [0.15, 0.2) is 33.6 Å². The van der Waals surface area contributed by atoms with E-state index < -0.39 is 0 Å². The third-order valence-corrected chi connectivity index (χ3v) is 4.07. The Balaban J connectivity index is 2.61. The van der Waals surface area contributed by atoms with Crippen LogP contribution in [0.5, 0.6) is 0 Å². The number of rotatable bonds is 4. The third-order valence-electron chi connectivity index (χ3n) is 1.94. The lowest BCUT2D eigenvalue weighted by Gasteiger charge is -2.14. The van der Waals surface area contributed by atoms with Gasteiger partial charge in [-0.2, -0.15) is 0 Å². The summed E-state index contributed by atoms with van der Waals surface area (Å²) in [6.07, 6.45) is 0. The molecule has 0 bridgehead atoms. The molecule has 0 aliphatic heterocycles. The van der Waals surface area contributed by atoms with E-state index in [-0.39, 0.29) is 17.2 Å². The van der Waals surface area contributed by atoms with E-state index >= 15 is 0 Å². The highest BCUT2D eigenvalue weighted by atomic mass is 79.9. The van der Waals surface area contributed by atoms with Crippen molar-refractivity contribution in [3.05, 3.63) is 28.7 Å². The first kappa shape index (κ1) is 13.6. The van der Waals surface area contributed by atoms with Gasteiger partial charge in [-0.15, -0.1) is 11.8 Å². The summed E-state index contributed by atoms with van der Waals surface area (Å²) in [5.74, 6) is 0.0794. The summed E-state index contributed by atoms with van der Waals surface area (Å²) in [6, 6.07) is 8.12. The molecule has 16 heavy (non-hydrogen) atoms. The molecule has 1 aromatic rings. The van der Waals surface area contributed by atoms with Crippen molar-refractivity contribution in [2.24, 2.45) is 0 Å². The van der Waals surface area contributed by atoms with Gasteiger partial charge in [0, 0.05) is 15.4 Å². The highest BCUT2D eigenvalue weighted by Crippen LogP contribution is 2.30. The van der Waals surface area contributed by atoms with Crippen LogP contribution in [-0.2, 0) is 4.79 Å². The summed E-state index contributed by atoms with van der Waals surface area (Å²) in [4.78, 5) is 12.8. The van der Waals surface area contributed by atoms with Crippen LogP contribution in [0.4, 0.5) is 0 Å². The zero-order valence-corrected chi connectivity index (χ0v) is 12.1. The van der Waals surface area contributed by atoms with Crippen molar-refractivity contribution < 1.29 is 4.79 Å². The van der Waals surface area contributed by atoms with Gasteiger partial charge in [-0.3, -0.25) is 4.79 Å². The van der Waals surface area contributed by atoms with Gasteiger partial charge >= 0.3 is 0 Å². The quantitative estimate of drug-likeness (QED) is 0.863. The molecule has 0 fully saturated rings. The molecule has 1 aromatic carbocycles. The maximum absolute atomic E-state index is 11.7.